The molecule has 2 N–H and O–H groups in total. The fourth-order valence-corrected chi connectivity index (χ4v) is 3.75. The normalized spacial score (nSPS) is 10.6. The van der Waals surface area contributed by atoms with E-state index in [-0.39, 0.29) is 5.75 Å². The first kappa shape index (κ1) is 22.9. The van der Waals surface area contributed by atoms with Gasteiger partial charge in [0.1, 0.15) is 0 Å². The first-order valence-electron chi connectivity index (χ1n) is 9.61. The summed E-state index contributed by atoms with van der Waals surface area (Å²) in [5, 5.41) is 6.20. The molecule has 9 heteroatoms. The van der Waals surface area contributed by atoms with Gasteiger partial charge in [-0.3, -0.25) is 10.1 Å². The van der Waals surface area contributed by atoms with Gasteiger partial charge in [-0.25, -0.2) is 9.78 Å². The number of imide groups is 1. The number of thioether (sulfide) groups is 1. The van der Waals surface area contributed by atoms with Gasteiger partial charge >= 0.3 is 6.03 Å². The van der Waals surface area contributed by atoms with Crippen molar-refractivity contribution < 1.29 is 14.3 Å². The van der Waals surface area contributed by atoms with Crippen molar-refractivity contribution in [1.29, 1.82) is 0 Å². The molecule has 0 bridgehead atoms. The number of nitrogens with one attached hydrogen (secondary N) is 2. The highest BCUT2D eigenvalue weighted by Crippen LogP contribution is 2.28. The number of aromatic nitrogens is 2. The summed E-state index contributed by atoms with van der Waals surface area (Å²) in [5.74, 6) is -0.342. The lowest BCUT2D eigenvalue weighted by Crippen LogP contribution is -2.41. The molecule has 1 aromatic heterocycles. The van der Waals surface area contributed by atoms with Gasteiger partial charge in [-0.1, -0.05) is 65.8 Å². The highest BCUT2D eigenvalue weighted by atomic mass is 35.5. The Balaban J connectivity index is 1.73. The lowest BCUT2D eigenvalue weighted by Gasteiger charge is -2.12. The van der Waals surface area contributed by atoms with E-state index in [4.69, 9.17) is 16.3 Å². The SMILES string of the molecule is COCCNC(=O)NC(=O)CSc1ncc(-c2ccc(Cl)cc2)n1Cc1ccccc1. The van der Waals surface area contributed by atoms with E-state index in [0.29, 0.717) is 29.9 Å². The van der Waals surface area contributed by atoms with Crippen molar-refractivity contribution in [1.82, 2.24) is 20.2 Å². The Morgan fingerprint density at radius 3 is 2.58 bits per heavy atom. The van der Waals surface area contributed by atoms with Gasteiger partial charge in [-0.05, 0) is 23.3 Å². The first-order chi connectivity index (χ1) is 15.1. The Labute approximate surface area is 190 Å². The van der Waals surface area contributed by atoms with Gasteiger partial charge < -0.3 is 14.6 Å². The second kappa shape index (κ2) is 11.5. The average molecular weight is 459 g/mol. The number of halogens is 1. The molecule has 0 aliphatic carbocycles. The molecule has 3 rings (SSSR count). The molecule has 0 spiro atoms. The third-order valence-electron chi connectivity index (χ3n) is 4.32. The maximum atomic E-state index is 12.2. The van der Waals surface area contributed by atoms with E-state index in [2.05, 4.69) is 20.2 Å². The van der Waals surface area contributed by atoms with Crippen LogP contribution in [0.5, 0.6) is 0 Å². The third-order valence-corrected chi connectivity index (χ3v) is 5.56. The van der Waals surface area contributed by atoms with Gasteiger partial charge in [-0.2, -0.15) is 0 Å². The predicted molar refractivity (Wildman–Crippen MR) is 122 cm³/mol. The highest BCUT2D eigenvalue weighted by Gasteiger charge is 2.15. The van der Waals surface area contributed by atoms with Crippen molar-refractivity contribution in [2.24, 2.45) is 0 Å². The van der Waals surface area contributed by atoms with E-state index in [1.807, 2.05) is 54.6 Å². The van der Waals surface area contributed by atoms with E-state index >= 15 is 0 Å². The summed E-state index contributed by atoms with van der Waals surface area (Å²) in [6.07, 6.45) is 1.78. The topological polar surface area (TPSA) is 85.2 Å². The molecule has 7 nitrogen and oxygen atoms in total. The maximum absolute atomic E-state index is 12.2. The molecule has 162 valence electrons. The van der Waals surface area contributed by atoms with Crippen LogP contribution in [-0.4, -0.2) is 47.5 Å². The van der Waals surface area contributed by atoms with Crippen LogP contribution in [0.15, 0.2) is 66.0 Å². The number of imidazole rings is 1. The van der Waals surface area contributed by atoms with Crippen LogP contribution in [0.25, 0.3) is 11.3 Å². The number of ether oxygens (including phenoxy) is 1. The molecular weight excluding hydrogens is 436 g/mol. The molecule has 3 amide bonds. The number of hydrogen-bond acceptors (Lipinski definition) is 5. The zero-order valence-corrected chi connectivity index (χ0v) is 18.6. The van der Waals surface area contributed by atoms with Crippen LogP contribution in [0.1, 0.15) is 5.56 Å². The van der Waals surface area contributed by atoms with Crippen LogP contribution in [0.3, 0.4) is 0 Å². The third kappa shape index (κ3) is 6.85. The van der Waals surface area contributed by atoms with Gasteiger partial charge in [0.15, 0.2) is 5.16 Å². The Morgan fingerprint density at radius 2 is 1.87 bits per heavy atom. The van der Waals surface area contributed by atoms with Gasteiger partial charge in [0, 0.05) is 18.7 Å². The minimum absolute atomic E-state index is 0.0591. The van der Waals surface area contributed by atoms with E-state index < -0.39 is 11.9 Å². The minimum atomic E-state index is -0.544. The summed E-state index contributed by atoms with van der Waals surface area (Å²) in [6.45, 7) is 1.30. The Bertz CT molecular complexity index is 1010. The molecule has 3 aromatic rings. The van der Waals surface area contributed by atoms with Crippen molar-refractivity contribution >= 4 is 35.3 Å². The van der Waals surface area contributed by atoms with Crippen molar-refractivity contribution in [3.8, 4) is 11.3 Å². The molecule has 0 radical (unpaired) electrons. The van der Waals surface area contributed by atoms with Crippen LogP contribution >= 0.6 is 23.4 Å². The fraction of sp³-hybridized carbons (Fsp3) is 0.227. The van der Waals surface area contributed by atoms with Crippen molar-refractivity contribution in [2.45, 2.75) is 11.7 Å². The molecule has 0 saturated heterocycles. The second-order valence-electron chi connectivity index (χ2n) is 6.59. The molecule has 0 saturated carbocycles. The average Bonchev–Trinajstić information content (AvgIpc) is 3.16. The fourth-order valence-electron chi connectivity index (χ4n) is 2.85. The molecule has 0 atom stereocenters. The van der Waals surface area contributed by atoms with Crippen molar-refractivity contribution in [3.05, 3.63) is 71.4 Å². The zero-order valence-electron chi connectivity index (χ0n) is 17.0. The predicted octanol–water partition coefficient (Wildman–Crippen LogP) is 3.82. The maximum Gasteiger partial charge on any atom is 0.321 e. The molecule has 0 aliphatic heterocycles. The highest BCUT2D eigenvalue weighted by molar-refractivity contribution is 7.99. The summed E-state index contributed by atoms with van der Waals surface area (Å²) < 4.78 is 6.91. The number of carbonyl (C=O) groups is 2. The molecule has 1 heterocycles. The number of hydrogen-bond donors (Lipinski definition) is 2. The first-order valence-corrected chi connectivity index (χ1v) is 11.0. The van der Waals surface area contributed by atoms with Crippen LogP contribution in [0.4, 0.5) is 4.79 Å². The minimum Gasteiger partial charge on any atom is -0.383 e. The lowest BCUT2D eigenvalue weighted by molar-refractivity contribution is -0.117. The van der Waals surface area contributed by atoms with Gasteiger partial charge in [0.2, 0.25) is 5.91 Å². The van der Waals surface area contributed by atoms with Crippen LogP contribution in [-0.2, 0) is 16.1 Å². The standard InChI is InChI=1S/C22H23ClN4O3S/c1-30-12-11-24-21(29)26-20(28)15-31-22-25-13-19(17-7-9-18(23)10-8-17)27(22)14-16-5-3-2-4-6-16/h2-10,13H,11-12,14-15H2,1H3,(H2,24,26,28,29). The molecule has 31 heavy (non-hydrogen) atoms. The van der Waals surface area contributed by atoms with E-state index in [0.717, 1.165) is 16.8 Å². The van der Waals surface area contributed by atoms with Gasteiger partial charge in [-0.15, -0.1) is 0 Å². The number of rotatable bonds is 9. The van der Waals surface area contributed by atoms with Gasteiger partial charge in [0.05, 0.1) is 30.8 Å². The van der Waals surface area contributed by atoms with E-state index in [9.17, 15) is 9.59 Å². The van der Waals surface area contributed by atoms with Gasteiger partial charge in [0.25, 0.3) is 0 Å². The molecule has 0 fully saturated rings. The summed E-state index contributed by atoms with van der Waals surface area (Å²) in [4.78, 5) is 28.4. The Morgan fingerprint density at radius 1 is 1.13 bits per heavy atom. The van der Waals surface area contributed by atoms with Crippen LogP contribution in [0.2, 0.25) is 5.02 Å². The molecule has 0 aliphatic rings. The Kier molecular flexibility index (Phi) is 8.52. The molecule has 2 aromatic carbocycles. The second-order valence-corrected chi connectivity index (χ2v) is 7.97. The largest absolute Gasteiger partial charge is 0.383 e. The smallest absolute Gasteiger partial charge is 0.321 e. The Hall–Kier alpha value is -2.81. The number of nitrogens with zero attached hydrogens (tertiary/aromatic N) is 2. The van der Waals surface area contributed by atoms with E-state index in [1.165, 1.54) is 18.9 Å². The number of urea groups is 1. The zero-order chi connectivity index (χ0) is 22.1. The monoisotopic (exact) mass is 458 g/mol. The number of benzene rings is 2. The summed E-state index contributed by atoms with van der Waals surface area (Å²) in [7, 11) is 1.54. The summed E-state index contributed by atoms with van der Waals surface area (Å²) >= 11 is 7.30. The van der Waals surface area contributed by atoms with Crippen molar-refractivity contribution in [3.63, 3.8) is 0 Å². The number of methoxy groups -OCH3 is 1. The number of carbonyl (C=O) groups excluding carboxylic acids is 2. The summed E-state index contributed by atoms with van der Waals surface area (Å²) in [5.41, 5.74) is 3.00. The molecular formula is C22H23ClN4O3S. The molecule has 0 unspecified atom stereocenters. The van der Waals surface area contributed by atoms with E-state index in [1.54, 1.807) is 6.20 Å². The quantitative estimate of drug-likeness (QED) is 0.376. The van der Waals surface area contributed by atoms with Crippen LogP contribution in [0, 0.1) is 0 Å². The lowest BCUT2D eigenvalue weighted by atomic mass is 10.1. The number of amides is 3. The summed E-state index contributed by atoms with van der Waals surface area (Å²) in [6, 6.07) is 17.0. The van der Waals surface area contributed by atoms with Crippen LogP contribution < -0.4 is 10.6 Å². The van der Waals surface area contributed by atoms with Crippen molar-refractivity contribution in [2.75, 3.05) is 26.0 Å².